The summed E-state index contributed by atoms with van der Waals surface area (Å²) in [7, 11) is 1.81. The number of nitrogen functional groups attached to an aromatic ring is 1. The van der Waals surface area contributed by atoms with Gasteiger partial charge in [0.1, 0.15) is 11.6 Å². The molecule has 1 saturated heterocycles. The molecule has 2 heterocycles. The Labute approximate surface area is 88.5 Å². The highest BCUT2D eigenvalue weighted by molar-refractivity contribution is 5.50. The molecule has 0 saturated carbocycles. The van der Waals surface area contributed by atoms with Gasteiger partial charge in [0.2, 0.25) is 5.95 Å². The molecule has 3 N–H and O–H groups in total. The Balaban J connectivity index is 2.22. The van der Waals surface area contributed by atoms with E-state index in [4.69, 9.17) is 10.5 Å². The topological polar surface area (TPSA) is 76.3 Å². The molecular formula is C9H15N5O. The molecule has 1 aliphatic rings. The molecule has 0 unspecified atom stereocenters. The summed E-state index contributed by atoms with van der Waals surface area (Å²) in [5.74, 6) is 1.89. The second-order valence-corrected chi connectivity index (χ2v) is 3.33. The molecule has 0 amide bonds. The largest absolute Gasteiger partial charge is 0.383 e. The zero-order valence-electron chi connectivity index (χ0n) is 8.73. The van der Waals surface area contributed by atoms with Crippen LogP contribution in [0.3, 0.4) is 0 Å². The van der Waals surface area contributed by atoms with Gasteiger partial charge in [0.05, 0.1) is 13.2 Å². The summed E-state index contributed by atoms with van der Waals surface area (Å²) in [4.78, 5) is 10.6. The Hall–Kier alpha value is -1.56. The molecular weight excluding hydrogens is 194 g/mol. The number of nitrogens with zero attached hydrogens (tertiary/aromatic N) is 3. The fraction of sp³-hybridized carbons (Fsp3) is 0.556. The van der Waals surface area contributed by atoms with E-state index in [2.05, 4.69) is 20.2 Å². The van der Waals surface area contributed by atoms with Crippen LogP contribution in [-0.2, 0) is 4.74 Å². The van der Waals surface area contributed by atoms with Crippen LogP contribution in [0.1, 0.15) is 0 Å². The zero-order valence-corrected chi connectivity index (χ0v) is 8.73. The van der Waals surface area contributed by atoms with Gasteiger partial charge in [-0.15, -0.1) is 0 Å². The maximum atomic E-state index is 5.69. The Morgan fingerprint density at radius 3 is 2.80 bits per heavy atom. The Morgan fingerprint density at radius 1 is 1.40 bits per heavy atom. The lowest BCUT2D eigenvalue weighted by molar-refractivity contribution is 0.122. The second kappa shape index (κ2) is 4.31. The number of aromatic nitrogens is 2. The van der Waals surface area contributed by atoms with Gasteiger partial charge in [-0.3, -0.25) is 0 Å². The highest BCUT2D eigenvalue weighted by Crippen LogP contribution is 2.15. The van der Waals surface area contributed by atoms with Crippen LogP contribution >= 0.6 is 0 Å². The molecule has 6 heteroatoms. The number of hydrogen-bond donors (Lipinski definition) is 2. The third kappa shape index (κ3) is 2.27. The summed E-state index contributed by atoms with van der Waals surface area (Å²) >= 11 is 0. The minimum Gasteiger partial charge on any atom is -0.383 e. The van der Waals surface area contributed by atoms with Crippen molar-refractivity contribution in [2.75, 3.05) is 49.3 Å². The molecule has 0 spiro atoms. The highest BCUT2D eigenvalue weighted by Gasteiger charge is 2.14. The maximum Gasteiger partial charge on any atom is 0.229 e. The van der Waals surface area contributed by atoms with E-state index in [0.717, 1.165) is 18.9 Å². The van der Waals surface area contributed by atoms with Crippen LogP contribution in [0.4, 0.5) is 17.6 Å². The van der Waals surface area contributed by atoms with Crippen molar-refractivity contribution in [1.82, 2.24) is 9.97 Å². The summed E-state index contributed by atoms with van der Waals surface area (Å²) in [5.41, 5.74) is 5.69. The molecule has 1 fully saturated rings. The first kappa shape index (κ1) is 9.97. The van der Waals surface area contributed by atoms with Crippen LogP contribution in [-0.4, -0.2) is 43.3 Å². The average molecular weight is 209 g/mol. The van der Waals surface area contributed by atoms with Gasteiger partial charge in [0.15, 0.2) is 0 Å². The van der Waals surface area contributed by atoms with E-state index in [1.165, 1.54) is 0 Å². The Morgan fingerprint density at radius 2 is 2.13 bits per heavy atom. The summed E-state index contributed by atoms with van der Waals surface area (Å²) in [6.07, 6.45) is 0. The van der Waals surface area contributed by atoms with Gasteiger partial charge in [-0.2, -0.15) is 9.97 Å². The van der Waals surface area contributed by atoms with E-state index in [1.54, 1.807) is 6.07 Å². The van der Waals surface area contributed by atoms with Crippen molar-refractivity contribution in [3.63, 3.8) is 0 Å². The summed E-state index contributed by atoms with van der Waals surface area (Å²) in [6, 6.07) is 1.71. The first-order chi connectivity index (χ1) is 7.29. The molecule has 0 radical (unpaired) electrons. The van der Waals surface area contributed by atoms with Crippen LogP contribution in [0.25, 0.3) is 0 Å². The third-order valence-electron chi connectivity index (χ3n) is 2.28. The van der Waals surface area contributed by atoms with Gasteiger partial charge in [0.25, 0.3) is 0 Å². The fourth-order valence-corrected chi connectivity index (χ4v) is 1.49. The standard InChI is InChI=1S/C9H15N5O/c1-11-8-6-7(10)12-9(13-8)14-2-4-15-5-3-14/h6H,2-5H2,1H3,(H3,10,11,12,13). The summed E-state index contributed by atoms with van der Waals surface area (Å²) in [6.45, 7) is 3.05. The molecule has 15 heavy (non-hydrogen) atoms. The van der Waals surface area contributed by atoms with Crippen LogP contribution < -0.4 is 16.0 Å². The van der Waals surface area contributed by atoms with E-state index < -0.39 is 0 Å². The molecule has 1 aromatic rings. The number of rotatable bonds is 2. The normalized spacial score (nSPS) is 16.5. The van der Waals surface area contributed by atoms with E-state index in [0.29, 0.717) is 25.0 Å². The molecule has 2 rings (SSSR count). The minimum atomic E-state index is 0.482. The summed E-state index contributed by atoms with van der Waals surface area (Å²) < 4.78 is 5.26. The summed E-state index contributed by atoms with van der Waals surface area (Å²) in [5, 5.41) is 2.96. The molecule has 0 aromatic carbocycles. The van der Waals surface area contributed by atoms with Crippen molar-refractivity contribution in [3.8, 4) is 0 Å². The van der Waals surface area contributed by atoms with E-state index in [9.17, 15) is 0 Å². The number of nitrogens with two attached hydrogens (primary N) is 1. The SMILES string of the molecule is CNc1cc(N)nc(N2CCOCC2)n1. The van der Waals surface area contributed by atoms with Gasteiger partial charge >= 0.3 is 0 Å². The van der Waals surface area contributed by atoms with E-state index >= 15 is 0 Å². The van der Waals surface area contributed by atoms with Crippen LogP contribution in [0, 0.1) is 0 Å². The van der Waals surface area contributed by atoms with Crippen LogP contribution in [0.2, 0.25) is 0 Å². The van der Waals surface area contributed by atoms with Gasteiger partial charge in [-0.1, -0.05) is 0 Å². The van der Waals surface area contributed by atoms with E-state index in [1.807, 2.05) is 7.05 Å². The lowest BCUT2D eigenvalue weighted by Gasteiger charge is -2.27. The molecule has 6 nitrogen and oxygen atoms in total. The zero-order chi connectivity index (χ0) is 10.7. The number of hydrogen-bond acceptors (Lipinski definition) is 6. The average Bonchev–Trinajstić information content (AvgIpc) is 2.29. The molecule has 0 atom stereocenters. The molecule has 1 aliphatic heterocycles. The van der Waals surface area contributed by atoms with Gasteiger partial charge in [-0.25, -0.2) is 0 Å². The minimum absolute atomic E-state index is 0.482. The smallest absolute Gasteiger partial charge is 0.229 e. The van der Waals surface area contributed by atoms with E-state index in [-0.39, 0.29) is 0 Å². The molecule has 82 valence electrons. The highest BCUT2D eigenvalue weighted by atomic mass is 16.5. The first-order valence-electron chi connectivity index (χ1n) is 4.94. The van der Waals surface area contributed by atoms with Gasteiger partial charge in [0, 0.05) is 26.2 Å². The number of anilines is 3. The van der Waals surface area contributed by atoms with Crippen molar-refractivity contribution >= 4 is 17.6 Å². The van der Waals surface area contributed by atoms with Crippen LogP contribution in [0.15, 0.2) is 6.07 Å². The second-order valence-electron chi connectivity index (χ2n) is 3.33. The van der Waals surface area contributed by atoms with Crippen molar-refractivity contribution < 1.29 is 4.74 Å². The van der Waals surface area contributed by atoms with Gasteiger partial charge < -0.3 is 20.7 Å². The predicted octanol–water partition coefficient (Wildman–Crippen LogP) is -0.0629. The van der Waals surface area contributed by atoms with Crippen LogP contribution in [0.5, 0.6) is 0 Å². The van der Waals surface area contributed by atoms with Gasteiger partial charge in [-0.05, 0) is 0 Å². The lowest BCUT2D eigenvalue weighted by Crippen LogP contribution is -2.37. The molecule has 1 aromatic heterocycles. The van der Waals surface area contributed by atoms with Crippen molar-refractivity contribution in [2.45, 2.75) is 0 Å². The Bertz CT molecular complexity index is 337. The quantitative estimate of drug-likeness (QED) is 0.710. The third-order valence-corrected chi connectivity index (χ3v) is 2.28. The molecule has 0 bridgehead atoms. The van der Waals surface area contributed by atoms with Crippen molar-refractivity contribution in [3.05, 3.63) is 6.07 Å². The number of nitrogens with one attached hydrogen (secondary N) is 1. The van der Waals surface area contributed by atoms with Crippen molar-refractivity contribution in [1.29, 1.82) is 0 Å². The first-order valence-corrected chi connectivity index (χ1v) is 4.94. The number of morpholine rings is 1. The molecule has 0 aliphatic carbocycles. The Kier molecular flexibility index (Phi) is 2.86. The number of ether oxygens (including phenoxy) is 1. The van der Waals surface area contributed by atoms with Crippen molar-refractivity contribution in [2.24, 2.45) is 0 Å². The lowest BCUT2D eigenvalue weighted by atomic mass is 10.4. The fourth-order valence-electron chi connectivity index (χ4n) is 1.49. The maximum absolute atomic E-state index is 5.69. The monoisotopic (exact) mass is 209 g/mol. The predicted molar refractivity (Wildman–Crippen MR) is 59.0 cm³/mol.